The third kappa shape index (κ3) is 9.23. The molecular formula is C25H16ClN9Na2O7S2. The van der Waals surface area contributed by atoms with Crippen LogP contribution in [0.25, 0.3) is 10.8 Å². The Balaban J connectivity index is 0.00000288. The second-order valence-electron chi connectivity index (χ2n) is 8.74. The Kier molecular flexibility index (Phi) is 12.3. The molecule has 5 rings (SSSR count). The minimum absolute atomic E-state index is 0. The van der Waals surface area contributed by atoms with Gasteiger partial charge in [0.25, 0.3) is 10.1 Å². The van der Waals surface area contributed by atoms with Gasteiger partial charge in [0.2, 0.25) is 17.2 Å². The fraction of sp³-hybridized carbons (Fsp3) is 0. The predicted molar refractivity (Wildman–Crippen MR) is 155 cm³/mol. The van der Waals surface area contributed by atoms with Crippen LogP contribution < -0.4 is 75.3 Å². The number of benzene rings is 4. The van der Waals surface area contributed by atoms with Gasteiger partial charge in [-0.3, -0.25) is 4.55 Å². The normalized spacial score (nSPS) is 11.8. The molecule has 5 aromatic rings. The summed E-state index contributed by atoms with van der Waals surface area (Å²) < 4.78 is 67.3. The maximum Gasteiger partial charge on any atom is 1.00 e. The van der Waals surface area contributed by atoms with Crippen LogP contribution in [-0.4, -0.2) is 40.9 Å². The van der Waals surface area contributed by atoms with Crippen molar-refractivity contribution in [1.29, 1.82) is 0 Å². The number of nitrogens with one attached hydrogen (secondary N) is 1. The number of nitrogen functional groups attached to an aromatic ring is 1. The van der Waals surface area contributed by atoms with E-state index in [1.165, 1.54) is 54.6 Å². The summed E-state index contributed by atoms with van der Waals surface area (Å²) in [5.41, 5.74) is 6.17. The molecule has 21 heteroatoms. The fourth-order valence-electron chi connectivity index (χ4n) is 3.75. The molecule has 0 aliphatic heterocycles. The van der Waals surface area contributed by atoms with Crippen molar-refractivity contribution in [1.82, 2.24) is 15.0 Å². The fourth-order valence-corrected chi connectivity index (χ4v) is 5.04. The van der Waals surface area contributed by atoms with Crippen LogP contribution in [0.3, 0.4) is 0 Å². The first kappa shape index (κ1) is 37.3. The van der Waals surface area contributed by atoms with Crippen LogP contribution in [0.4, 0.5) is 40.3 Å². The first-order chi connectivity index (χ1) is 20.8. The summed E-state index contributed by atoms with van der Waals surface area (Å²) in [6, 6.07) is 16.2. The van der Waals surface area contributed by atoms with Crippen LogP contribution in [0.15, 0.2) is 103 Å². The van der Waals surface area contributed by atoms with E-state index in [-0.39, 0.29) is 92.8 Å². The van der Waals surface area contributed by atoms with Gasteiger partial charge < -0.3 is 20.7 Å². The second kappa shape index (κ2) is 15.2. The quantitative estimate of drug-likeness (QED) is 0.101. The third-order valence-electron chi connectivity index (χ3n) is 5.71. The van der Waals surface area contributed by atoms with Crippen molar-refractivity contribution in [3.8, 4) is 5.75 Å². The van der Waals surface area contributed by atoms with Crippen molar-refractivity contribution in [2.24, 2.45) is 20.5 Å². The van der Waals surface area contributed by atoms with E-state index in [9.17, 15) is 31.0 Å². The van der Waals surface area contributed by atoms with Crippen LogP contribution in [-0.2, 0) is 20.2 Å². The van der Waals surface area contributed by atoms with Crippen molar-refractivity contribution in [2.75, 3.05) is 11.1 Å². The summed E-state index contributed by atoms with van der Waals surface area (Å²) in [6.07, 6.45) is 0. The third-order valence-corrected chi connectivity index (χ3v) is 7.60. The van der Waals surface area contributed by atoms with Crippen molar-refractivity contribution >= 4 is 82.9 Å². The predicted octanol–water partition coefficient (Wildman–Crippen LogP) is -0.933. The summed E-state index contributed by atoms with van der Waals surface area (Å²) in [6.45, 7) is 0. The Bertz CT molecular complexity index is 2170. The number of hydrogen-bond donors (Lipinski definition) is 3. The van der Waals surface area contributed by atoms with E-state index in [1.54, 1.807) is 0 Å². The molecular weight excluding hydrogens is 684 g/mol. The van der Waals surface area contributed by atoms with Gasteiger partial charge in [-0.1, -0.05) is 11.8 Å². The monoisotopic (exact) mass is 699 g/mol. The van der Waals surface area contributed by atoms with Gasteiger partial charge in [-0.2, -0.15) is 38.7 Å². The van der Waals surface area contributed by atoms with Gasteiger partial charge in [-0.15, -0.1) is 5.11 Å². The number of aromatic nitrogens is 3. The number of azo groups is 2. The molecule has 0 saturated carbocycles. The molecule has 0 bridgehead atoms. The van der Waals surface area contributed by atoms with E-state index >= 15 is 0 Å². The van der Waals surface area contributed by atoms with E-state index in [0.29, 0.717) is 17.1 Å². The topological polar surface area (TPSA) is 261 Å². The Morgan fingerprint density at radius 2 is 1.33 bits per heavy atom. The Morgan fingerprint density at radius 1 is 0.783 bits per heavy atom. The van der Waals surface area contributed by atoms with E-state index in [0.717, 1.165) is 18.2 Å². The zero-order chi connectivity index (χ0) is 31.6. The van der Waals surface area contributed by atoms with Gasteiger partial charge in [-0.25, -0.2) is 8.42 Å². The largest absolute Gasteiger partial charge is 1.00 e. The van der Waals surface area contributed by atoms with Crippen LogP contribution in [0.5, 0.6) is 5.75 Å². The molecule has 0 spiro atoms. The van der Waals surface area contributed by atoms with Crippen molar-refractivity contribution in [3.05, 3.63) is 78.1 Å². The molecule has 1 heterocycles. The summed E-state index contributed by atoms with van der Waals surface area (Å²) >= 11 is 5.79. The molecule has 0 amide bonds. The first-order valence-electron chi connectivity index (χ1n) is 12.0. The van der Waals surface area contributed by atoms with Crippen molar-refractivity contribution in [2.45, 2.75) is 9.79 Å². The molecule has 1 aromatic heterocycles. The van der Waals surface area contributed by atoms with Crippen molar-refractivity contribution < 1.29 is 90.2 Å². The molecule has 4 aromatic carbocycles. The van der Waals surface area contributed by atoms with Crippen LogP contribution in [0, 0.1) is 0 Å². The van der Waals surface area contributed by atoms with Crippen LogP contribution in [0.1, 0.15) is 0 Å². The maximum absolute atomic E-state index is 13.2. The summed E-state index contributed by atoms with van der Waals surface area (Å²) in [7, 11) is -9.49. The van der Waals surface area contributed by atoms with E-state index in [1.807, 2.05) is 0 Å². The van der Waals surface area contributed by atoms with E-state index in [2.05, 4.69) is 40.7 Å². The van der Waals surface area contributed by atoms with Gasteiger partial charge in [0, 0.05) is 5.69 Å². The number of halogens is 1. The molecule has 46 heavy (non-hydrogen) atoms. The van der Waals surface area contributed by atoms with Gasteiger partial charge in [0.1, 0.15) is 15.0 Å². The molecule has 0 unspecified atom stereocenters. The minimum Gasteiger partial charge on any atom is -0.871 e. The number of rotatable bonds is 8. The van der Waals surface area contributed by atoms with E-state index < -0.39 is 41.5 Å². The summed E-state index contributed by atoms with van der Waals surface area (Å²) in [4.78, 5) is 10.3. The molecule has 0 aliphatic rings. The second-order valence-corrected chi connectivity index (χ2v) is 11.8. The number of nitrogens with two attached hydrogens (primary N) is 1. The number of anilines is 3. The summed E-state index contributed by atoms with van der Waals surface area (Å²) in [5.74, 6) is -0.939. The zero-order valence-electron chi connectivity index (χ0n) is 23.7. The van der Waals surface area contributed by atoms with Gasteiger partial charge in [0.15, 0.2) is 0 Å². The average Bonchev–Trinajstić information content (AvgIpc) is 2.95. The molecule has 0 radical (unpaired) electrons. The molecule has 4 N–H and O–H groups in total. The van der Waals surface area contributed by atoms with Gasteiger partial charge in [0.05, 0.1) is 27.6 Å². The standard InChI is InChI=1S/C25H18ClN9O7S2.2Na/c26-23-29-24(27)31-25(30-23)28-17-7-10-19-13(11-17)12-20(44(40,41)42)21(22(19)36)35-34-15-3-1-14(2-4-15)32-33-16-5-8-18(9-6-16)43(37,38)39;;/h1-12,36H,(H,37,38,39)(H,40,41,42)(H3,27,28,29,30,31);;/q;2*+1/p-2. The molecule has 0 fully saturated rings. The Hall–Kier alpha value is -3.14. The van der Waals surface area contributed by atoms with Gasteiger partial charge in [-0.05, 0) is 89.1 Å². The maximum atomic E-state index is 13.2. The molecule has 0 aliphatic carbocycles. The Labute approximate surface area is 310 Å². The first-order valence-corrected chi connectivity index (χ1v) is 15.2. The molecule has 16 nitrogen and oxygen atoms in total. The van der Waals surface area contributed by atoms with Gasteiger partial charge >= 0.3 is 59.1 Å². The molecule has 0 saturated heterocycles. The summed E-state index contributed by atoms with van der Waals surface area (Å²) in [5, 5.41) is 31.8. The average molecular weight is 700 g/mol. The van der Waals surface area contributed by atoms with Crippen LogP contribution >= 0.6 is 11.6 Å². The molecule has 224 valence electrons. The Morgan fingerprint density at radius 3 is 1.85 bits per heavy atom. The van der Waals surface area contributed by atoms with Crippen LogP contribution in [0.2, 0.25) is 5.28 Å². The number of nitrogens with zero attached hydrogens (tertiary/aromatic N) is 7. The van der Waals surface area contributed by atoms with E-state index in [4.69, 9.17) is 17.3 Å². The smallest absolute Gasteiger partial charge is 0.871 e. The number of hydrogen-bond acceptors (Lipinski definition) is 15. The minimum atomic E-state index is -4.91. The zero-order valence-corrected chi connectivity index (χ0v) is 30.1. The SMILES string of the molecule is Nc1nc(Cl)nc(Nc2ccc3c([O-])c(N=Nc4ccc(N=Nc5ccc(S(=O)(=O)[O-])cc5)cc4)c(S(=O)(=O)O)cc3c2)n1.[Na+].[Na+]. The molecule has 0 atom stereocenters. The number of fused-ring (bicyclic) bond motifs is 1. The van der Waals surface area contributed by atoms with Crippen molar-refractivity contribution in [3.63, 3.8) is 0 Å².